The van der Waals surface area contributed by atoms with Crippen LogP contribution in [0.4, 0.5) is 5.95 Å². The molecule has 1 saturated heterocycles. The number of aromatic nitrogens is 2. The number of likely N-dealkylation sites (N-methyl/N-ethyl adjacent to an activating group) is 1. The highest BCUT2D eigenvalue weighted by molar-refractivity contribution is 6.52. The normalized spacial score (nSPS) is 16.4. The Morgan fingerprint density at radius 3 is 2.52 bits per heavy atom. The molecule has 3 rings (SSSR count). The number of fused-ring (bicyclic) bond motifs is 1. The van der Waals surface area contributed by atoms with Crippen molar-refractivity contribution in [2.75, 3.05) is 38.1 Å². The molecule has 0 unspecified atom stereocenters. The maximum atomic E-state index is 12.5. The van der Waals surface area contributed by atoms with Gasteiger partial charge in [0.2, 0.25) is 5.95 Å². The lowest BCUT2D eigenvalue weighted by molar-refractivity contribution is 0.310. The van der Waals surface area contributed by atoms with Gasteiger partial charge >= 0.3 is 0 Å². The first-order valence-electron chi connectivity index (χ1n) is 7.34. The van der Waals surface area contributed by atoms with Gasteiger partial charge in [0.15, 0.2) is 0 Å². The summed E-state index contributed by atoms with van der Waals surface area (Å²) in [6.07, 6.45) is 0. The monoisotopic (exact) mass is 283 g/mol. The average molecular weight is 283 g/mol. The highest BCUT2D eigenvalue weighted by Crippen LogP contribution is 2.15. The predicted octanol–water partition coefficient (Wildman–Crippen LogP) is 0.0629. The molecule has 0 bridgehead atoms. The minimum Gasteiger partial charge on any atom is -0.340 e. The van der Waals surface area contributed by atoms with E-state index in [4.69, 9.17) is 4.98 Å². The molecule has 1 aromatic heterocycles. The van der Waals surface area contributed by atoms with Gasteiger partial charge in [-0.1, -0.05) is 18.4 Å². The van der Waals surface area contributed by atoms with Crippen LogP contribution in [0.2, 0.25) is 6.82 Å². The number of benzene rings is 1. The van der Waals surface area contributed by atoms with E-state index in [0.29, 0.717) is 5.39 Å². The fourth-order valence-corrected chi connectivity index (χ4v) is 2.75. The van der Waals surface area contributed by atoms with Gasteiger partial charge in [0.25, 0.3) is 5.56 Å². The lowest BCUT2D eigenvalue weighted by atomic mass is 9.73. The van der Waals surface area contributed by atoms with E-state index in [1.54, 1.807) is 4.57 Å². The summed E-state index contributed by atoms with van der Waals surface area (Å²) in [6.45, 7) is 5.79. The van der Waals surface area contributed by atoms with Crippen LogP contribution < -0.4 is 15.9 Å². The minimum absolute atomic E-state index is 0.0246. The first-order chi connectivity index (χ1) is 10.1. The molecule has 0 saturated carbocycles. The molecule has 0 N–H and O–H groups in total. The average Bonchev–Trinajstić information content (AvgIpc) is 2.51. The number of hydrogen-bond acceptors (Lipinski definition) is 4. The van der Waals surface area contributed by atoms with Crippen LogP contribution >= 0.6 is 0 Å². The first kappa shape index (κ1) is 14.1. The van der Waals surface area contributed by atoms with E-state index in [1.165, 1.54) is 0 Å². The standard InChI is InChI=1S/C15H20BN4O/c1-16-11-4-5-12-13(10-11)17-15(19(3)14(12)21)20-8-6-18(2)7-9-20/h4-5,10H,6-9H2,1-3H3. The van der Waals surface area contributed by atoms with E-state index in [-0.39, 0.29) is 5.56 Å². The van der Waals surface area contributed by atoms with Crippen LogP contribution in [0.5, 0.6) is 0 Å². The van der Waals surface area contributed by atoms with E-state index in [1.807, 2.05) is 39.3 Å². The third-order valence-electron chi connectivity index (χ3n) is 4.20. The van der Waals surface area contributed by atoms with Crippen molar-refractivity contribution in [2.45, 2.75) is 6.82 Å². The number of piperazine rings is 1. The van der Waals surface area contributed by atoms with Gasteiger partial charge in [0.1, 0.15) is 7.28 Å². The van der Waals surface area contributed by atoms with E-state index < -0.39 is 0 Å². The second kappa shape index (κ2) is 5.52. The Hall–Kier alpha value is -1.82. The fraction of sp³-hybridized carbons (Fsp3) is 0.467. The summed E-state index contributed by atoms with van der Waals surface area (Å²) in [7, 11) is 5.95. The van der Waals surface area contributed by atoms with Gasteiger partial charge in [-0.25, -0.2) is 4.98 Å². The second-order valence-electron chi connectivity index (χ2n) is 5.63. The summed E-state index contributed by atoms with van der Waals surface area (Å²) < 4.78 is 1.67. The Morgan fingerprint density at radius 1 is 1.14 bits per heavy atom. The van der Waals surface area contributed by atoms with E-state index in [9.17, 15) is 4.79 Å². The zero-order valence-electron chi connectivity index (χ0n) is 12.8. The minimum atomic E-state index is 0.0246. The van der Waals surface area contributed by atoms with Crippen molar-refractivity contribution in [3.05, 3.63) is 28.6 Å². The fourth-order valence-electron chi connectivity index (χ4n) is 2.75. The largest absolute Gasteiger partial charge is 0.340 e. The molecule has 6 heteroatoms. The Morgan fingerprint density at radius 2 is 1.86 bits per heavy atom. The Labute approximate surface area is 125 Å². The van der Waals surface area contributed by atoms with Crippen LogP contribution in [0.15, 0.2) is 23.0 Å². The van der Waals surface area contributed by atoms with Crippen LogP contribution in [0.25, 0.3) is 10.9 Å². The molecule has 1 fully saturated rings. The summed E-state index contributed by atoms with van der Waals surface area (Å²) in [4.78, 5) is 21.8. The van der Waals surface area contributed by atoms with Gasteiger partial charge < -0.3 is 9.80 Å². The number of anilines is 1. The molecular formula is C15H20BN4O. The maximum absolute atomic E-state index is 12.5. The Balaban J connectivity index is 2.10. The number of hydrogen-bond donors (Lipinski definition) is 0. The van der Waals surface area contributed by atoms with Crippen LogP contribution in [-0.2, 0) is 7.05 Å². The van der Waals surface area contributed by atoms with E-state index >= 15 is 0 Å². The highest BCUT2D eigenvalue weighted by Gasteiger charge is 2.19. The Bertz CT molecular complexity index is 719. The van der Waals surface area contributed by atoms with Crippen molar-refractivity contribution in [1.82, 2.24) is 14.5 Å². The number of rotatable bonds is 2. The van der Waals surface area contributed by atoms with E-state index in [2.05, 4.69) is 16.8 Å². The molecule has 1 radical (unpaired) electrons. The van der Waals surface area contributed by atoms with Gasteiger partial charge in [-0.05, 0) is 19.2 Å². The molecule has 1 aromatic carbocycles. The Kier molecular flexibility index (Phi) is 3.72. The molecular weight excluding hydrogens is 263 g/mol. The summed E-state index contributed by atoms with van der Waals surface area (Å²) in [5, 5.41) is 0.681. The van der Waals surface area contributed by atoms with Crippen LogP contribution in [0.1, 0.15) is 0 Å². The smallest absolute Gasteiger partial charge is 0.262 e. The third kappa shape index (κ3) is 2.55. The third-order valence-corrected chi connectivity index (χ3v) is 4.20. The van der Waals surface area contributed by atoms with Gasteiger partial charge in [0, 0.05) is 33.2 Å². The van der Waals surface area contributed by atoms with Crippen molar-refractivity contribution in [3.8, 4) is 0 Å². The number of nitrogens with zero attached hydrogens (tertiary/aromatic N) is 4. The lowest BCUT2D eigenvalue weighted by Gasteiger charge is -2.33. The quantitative estimate of drug-likeness (QED) is 0.731. The summed E-state index contributed by atoms with van der Waals surface area (Å²) >= 11 is 0. The predicted molar refractivity (Wildman–Crippen MR) is 87.9 cm³/mol. The van der Waals surface area contributed by atoms with Crippen molar-refractivity contribution in [1.29, 1.82) is 0 Å². The molecule has 0 amide bonds. The zero-order valence-corrected chi connectivity index (χ0v) is 12.8. The van der Waals surface area contributed by atoms with Crippen LogP contribution in [-0.4, -0.2) is 55.0 Å². The van der Waals surface area contributed by atoms with Crippen molar-refractivity contribution < 1.29 is 0 Å². The van der Waals surface area contributed by atoms with E-state index in [0.717, 1.165) is 43.1 Å². The van der Waals surface area contributed by atoms with Gasteiger partial charge in [-0.2, -0.15) is 0 Å². The SMILES string of the molecule is C[B]c1ccc2c(=O)n(C)c(N3CCN(C)CC3)nc2c1. The summed E-state index contributed by atoms with van der Waals surface area (Å²) in [5.74, 6) is 0.772. The van der Waals surface area contributed by atoms with Gasteiger partial charge in [-0.15, -0.1) is 0 Å². The van der Waals surface area contributed by atoms with Gasteiger partial charge in [-0.3, -0.25) is 9.36 Å². The highest BCUT2D eigenvalue weighted by atomic mass is 16.1. The molecule has 0 atom stereocenters. The zero-order chi connectivity index (χ0) is 15.0. The van der Waals surface area contributed by atoms with Crippen molar-refractivity contribution >= 4 is 29.6 Å². The first-order valence-corrected chi connectivity index (χ1v) is 7.34. The molecule has 0 aliphatic carbocycles. The molecule has 1 aliphatic heterocycles. The summed E-state index contributed by atoms with van der Waals surface area (Å²) in [5.41, 5.74) is 1.90. The molecule has 21 heavy (non-hydrogen) atoms. The van der Waals surface area contributed by atoms with Gasteiger partial charge in [0.05, 0.1) is 10.9 Å². The topological polar surface area (TPSA) is 41.4 Å². The molecule has 0 spiro atoms. The molecule has 109 valence electrons. The molecule has 5 nitrogen and oxygen atoms in total. The van der Waals surface area contributed by atoms with Crippen molar-refractivity contribution in [3.63, 3.8) is 0 Å². The van der Waals surface area contributed by atoms with Crippen LogP contribution in [0.3, 0.4) is 0 Å². The summed E-state index contributed by atoms with van der Waals surface area (Å²) in [6, 6.07) is 5.81. The molecule has 2 heterocycles. The molecule has 2 aromatic rings. The molecule has 1 aliphatic rings. The van der Waals surface area contributed by atoms with Crippen molar-refractivity contribution in [2.24, 2.45) is 7.05 Å². The lowest BCUT2D eigenvalue weighted by Crippen LogP contribution is -2.46. The second-order valence-corrected chi connectivity index (χ2v) is 5.63. The van der Waals surface area contributed by atoms with Crippen LogP contribution in [0, 0.1) is 0 Å². The maximum Gasteiger partial charge on any atom is 0.262 e.